The molecule has 1 aromatic heterocycles. The molecule has 0 aliphatic rings. The van der Waals surface area contributed by atoms with Crippen molar-refractivity contribution in [1.29, 1.82) is 0 Å². The SMILES string of the molecule is CN(C)C(=O)Cc1cn(C(NCc2cccc(C(F)(F)F)c2)c2ccccc2)c2ccccc12. The number of aromatic nitrogens is 1. The molecule has 0 spiro atoms. The van der Waals surface area contributed by atoms with E-state index in [1.165, 1.54) is 12.1 Å². The molecular formula is C27H26F3N3O. The van der Waals surface area contributed by atoms with Crippen LogP contribution in [0.25, 0.3) is 10.9 Å². The second-order valence-corrected chi connectivity index (χ2v) is 8.44. The van der Waals surface area contributed by atoms with Gasteiger partial charge in [0.05, 0.1) is 12.0 Å². The van der Waals surface area contributed by atoms with Crippen LogP contribution in [-0.4, -0.2) is 29.5 Å². The largest absolute Gasteiger partial charge is 0.416 e. The summed E-state index contributed by atoms with van der Waals surface area (Å²) in [5, 5.41) is 4.40. The summed E-state index contributed by atoms with van der Waals surface area (Å²) in [4.78, 5) is 14.0. The van der Waals surface area contributed by atoms with E-state index < -0.39 is 11.7 Å². The Bertz CT molecular complexity index is 1280. The van der Waals surface area contributed by atoms with Crippen molar-refractivity contribution in [3.8, 4) is 0 Å². The zero-order valence-corrected chi connectivity index (χ0v) is 19.0. The van der Waals surface area contributed by atoms with Gasteiger partial charge in [-0.2, -0.15) is 13.2 Å². The van der Waals surface area contributed by atoms with E-state index in [2.05, 4.69) is 9.88 Å². The summed E-state index contributed by atoms with van der Waals surface area (Å²) in [7, 11) is 3.45. The third-order valence-corrected chi connectivity index (χ3v) is 5.81. The van der Waals surface area contributed by atoms with Crippen molar-refractivity contribution in [2.45, 2.75) is 25.3 Å². The van der Waals surface area contributed by atoms with Gasteiger partial charge in [-0.3, -0.25) is 10.1 Å². The summed E-state index contributed by atoms with van der Waals surface area (Å²) in [6.45, 7) is 0.238. The lowest BCUT2D eigenvalue weighted by Gasteiger charge is -2.23. The summed E-state index contributed by atoms with van der Waals surface area (Å²) in [6, 6.07) is 22.9. The molecule has 0 fully saturated rings. The second-order valence-electron chi connectivity index (χ2n) is 8.44. The average molecular weight is 466 g/mol. The minimum atomic E-state index is -4.39. The van der Waals surface area contributed by atoms with Crippen LogP contribution in [0, 0.1) is 0 Å². The maximum atomic E-state index is 13.2. The first-order valence-corrected chi connectivity index (χ1v) is 11.0. The van der Waals surface area contributed by atoms with Crippen molar-refractivity contribution in [3.63, 3.8) is 0 Å². The number of alkyl halides is 3. The Morgan fingerprint density at radius 1 is 0.971 bits per heavy atom. The monoisotopic (exact) mass is 465 g/mol. The number of likely N-dealkylation sites (N-methyl/N-ethyl adjacent to an activating group) is 1. The van der Waals surface area contributed by atoms with Gasteiger partial charge in [0.2, 0.25) is 5.91 Å². The second kappa shape index (κ2) is 9.73. The zero-order chi connectivity index (χ0) is 24.3. The first kappa shape index (κ1) is 23.6. The molecule has 3 aromatic carbocycles. The van der Waals surface area contributed by atoms with Gasteiger partial charge < -0.3 is 9.47 Å². The number of halogens is 3. The predicted molar refractivity (Wildman–Crippen MR) is 127 cm³/mol. The number of nitrogens with zero attached hydrogens (tertiary/aromatic N) is 2. The Kier molecular flexibility index (Phi) is 6.75. The molecule has 176 valence electrons. The van der Waals surface area contributed by atoms with E-state index in [-0.39, 0.29) is 25.0 Å². The van der Waals surface area contributed by atoms with Gasteiger partial charge in [-0.15, -0.1) is 0 Å². The Labute approximate surface area is 196 Å². The van der Waals surface area contributed by atoms with E-state index in [4.69, 9.17) is 0 Å². The van der Waals surface area contributed by atoms with Crippen LogP contribution in [0.5, 0.6) is 0 Å². The molecule has 0 bridgehead atoms. The standard InChI is InChI=1S/C27H26F3N3O/c1-32(2)25(34)16-21-18-33(24-14-7-6-13-23(21)24)26(20-10-4-3-5-11-20)31-17-19-9-8-12-22(15-19)27(28,29)30/h3-15,18,26,31H,16-17H2,1-2H3. The molecule has 4 rings (SSSR count). The fourth-order valence-corrected chi connectivity index (χ4v) is 4.04. The van der Waals surface area contributed by atoms with Crippen LogP contribution >= 0.6 is 0 Å². The van der Waals surface area contributed by atoms with Gasteiger partial charge >= 0.3 is 6.18 Å². The summed E-state index contributed by atoms with van der Waals surface area (Å²) in [5.41, 5.74) is 2.67. The number of fused-ring (bicyclic) bond motifs is 1. The highest BCUT2D eigenvalue weighted by molar-refractivity contribution is 5.89. The normalized spacial score (nSPS) is 12.6. The van der Waals surface area contributed by atoms with Gasteiger partial charge in [-0.25, -0.2) is 0 Å². The number of hydrogen-bond donors (Lipinski definition) is 1. The molecule has 1 amide bonds. The lowest BCUT2D eigenvalue weighted by Crippen LogP contribution is -2.27. The quantitative estimate of drug-likeness (QED) is 0.384. The van der Waals surface area contributed by atoms with Gasteiger partial charge in [-0.05, 0) is 28.8 Å². The lowest BCUT2D eigenvalue weighted by molar-refractivity contribution is -0.137. The van der Waals surface area contributed by atoms with E-state index >= 15 is 0 Å². The first-order chi connectivity index (χ1) is 16.2. The molecule has 1 N–H and O–H groups in total. The van der Waals surface area contributed by atoms with Crippen LogP contribution in [0.3, 0.4) is 0 Å². The molecule has 1 heterocycles. The average Bonchev–Trinajstić information content (AvgIpc) is 3.18. The molecule has 0 radical (unpaired) electrons. The van der Waals surface area contributed by atoms with Crippen LogP contribution in [-0.2, 0) is 23.9 Å². The zero-order valence-electron chi connectivity index (χ0n) is 19.0. The number of hydrogen-bond acceptors (Lipinski definition) is 2. The molecular weight excluding hydrogens is 439 g/mol. The number of amides is 1. The van der Waals surface area contributed by atoms with E-state index in [1.54, 1.807) is 25.1 Å². The van der Waals surface area contributed by atoms with Gasteiger partial charge in [0, 0.05) is 37.7 Å². The molecule has 0 aliphatic carbocycles. The van der Waals surface area contributed by atoms with Crippen LogP contribution in [0.1, 0.15) is 28.4 Å². The summed E-state index contributed by atoms with van der Waals surface area (Å²) >= 11 is 0. The highest BCUT2D eigenvalue weighted by atomic mass is 19.4. The predicted octanol–water partition coefficient (Wildman–Crippen LogP) is 5.63. The van der Waals surface area contributed by atoms with Gasteiger partial charge in [0.15, 0.2) is 0 Å². The van der Waals surface area contributed by atoms with Crippen molar-refractivity contribution in [2.75, 3.05) is 14.1 Å². The topological polar surface area (TPSA) is 37.3 Å². The summed E-state index contributed by atoms with van der Waals surface area (Å²) in [6.07, 6.45) is -2.51. The van der Waals surface area contributed by atoms with Gasteiger partial charge in [0.1, 0.15) is 6.17 Å². The van der Waals surface area contributed by atoms with Crippen molar-refractivity contribution in [1.82, 2.24) is 14.8 Å². The maximum absolute atomic E-state index is 13.2. The highest BCUT2D eigenvalue weighted by Gasteiger charge is 2.30. The van der Waals surface area contributed by atoms with Crippen LogP contribution in [0.4, 0.5) is 13.2 Å². The van der Waals surface area contributed by atoms with E-state index in [0.717, 1.165) is 28.1 Å². The van der Waals surface area contributed by atoms with E-state index in [0.29, 0.717) is 5.56 Å². The Hall–Kier alpha value is -3.58. The molecule has 0 aliphatic heterocycles. The molecule has 34 heavy (non-hydrogen) atoms. The number of benzene rings is 3. The smallest absolute Gasteiger partial charge is 0.349 e. The number of nitrogens with one attached hydrogen (secondary N) is 1. The Morgan fingerprint density at radius 2 is 1.68 bits per heavy atom. The van der Waals surface area contributed by atoms with E-state index in [9.17, 15) is 18.0 Å². The molecule has 0 saturated carbocycles. The van der Waals surface area contributed by atoms with Gasteiger partial charge in [-0.1, -0.05) is 66.7 Å². The molecule has 4 aromatic rings. The molecule has 7 heteroatoms. The van der Waals surface area contributed by atoms with Crippen molar-refractivity contribution < 1.29 is 18.0 Å². The summed E-state index contributed by atoms with van der Waals surface area (Å²) < 4.78 is 41.6. The van der Waals surface area contributed by atoms with Crippen molar-refractivity contribution in [3.05, 3.63) is 107 Å². The van der Waals surface area contributed by atoms with E-state index in [1.807, 2.05) is 60.8 Å². The molecule has 1 atom stereocenters. The lowest BCUT2D eigenvalue weighted by atomic mass is 10.1. The van der Waals surface area contributed by atoms with Crippen LogP contribution in [0.2, 0.25) is 0 Å². The molecule has 1 unspecified atom stereocenters. The van der Waals surface area contributed by atoms with Crippen molar-refractivity contribution >= 4 is 16.8 Å². The minimum absolute atomic E-state index is 0.00362. The Morgan fingerprint density at radius 3 is 2.38 bits per heavy atom. The third kappa shape index (κ3) is 5.15. The molecule has 4 nitrogen and oxygen atoms in total. The van der Waals surface area contributed by atoms with Crippen LogP contribution in [0.15, 0.2) is 85.1 Å². The maximum Gasteiger partial charge on any atom is 0.416 e. The minimum Gasteiger partial charge on any atom is -0.349 e. The first-order valence-electron chi connectivity index (χ1n) is 11.0. The fraction of sp³-hybridized carbons (Fsp3) is 0.222. The number of para-hydroxylation sites is 1. The highest BCUT2D eigenvalue weighted by Crippen LogP contribution is 2.31. The fourth-order valence-electron chi connectivity index (χ4n) is 4.04. The number of rotatable bonds is 7. The van der Waals surface area contributed by atoms with Crippen molar-refractivity contribution in [2.24, 2.45) is 0 Å². The van der Waals surface area contributed by atoms with Gasteiger partial charge in [0.25, 0.3) is 0 Å². The third-order valence-electron chi connectivity index (χ3n) is 5.81. The summed E-state index contributed by atoms with van der Waals surface area (Å²) in [5.74, 6) is -0.00362. The number of carbonyl (C=O) groups is 1. The Balaban J connectivity index is 1.72. The molecule has 0 saturated heterocycles. The number of carbonyl (C=O) groups excluding carboxylic acids is 1. The van der Waals surface area contributed by atoms with Crippen LogP contribution < -0.4 is 5.32 Å².